The van der Waals surface area contributed by atoms with Crippen LogP contribution >= 0.6 is 23.4 Å². The maximum atomic E-state index is 11.2. The number of rotatable bonds is 3. The highest BCUT2D eigenvalue weighted by atomic mass is 35.5. The number of nitrogens with zero attached hydrogens (tertiary/aromatic N) is 1. The molecule has 0 aliphatic heterocycles. The molecule has 0 fully saturated rings. The summed E-state index contributed by atoms with van der Waals surface area (Å²) in [6, 6.07) is 6.97. The van der Waals surface area contributed by atoms with Gasteiger partial charge >= 0.3 is 5.97 Å². The molecule has 0 radical (unpaired) electrons. The monoisotopic (exact) mass is 255 g/mol. The van der Waals surface area contributed by atoms with Gasteiger partial charge in [0.25, 0.3) is 0 Å². The number of halogens is 1. The van der Waals surface area contributed by atoms with Crippen LogP contribution in [0.25, 0.3) is 0 Å². The van der Waals surface area contributed by atoms with Crippen LogP contribution in [0.4, 0.5) is 0 Å². The average Bonchev–Trinajstić information content (AvgIpc) is 2.30. The van der Waals surface area contributed by atoms with E-state index in [1.54, 1.807) is 25.1 Å². The molecular formula is C11H10ClNO2S. The molecule has 0 aromatic heterocycles. The lowest BCUT2D eigenvalue weighted by Crippen LogP contribution is -2.14. The van der Waals surface area contributed by atoms with Gasteiger partial charge in [-0.3, -0.25) is 4.79 Å². The second-order valence-electron chi connectivity index (χ2n) is 3.04. The summed E-state index contributed by atoms with van der Waals surface area (Å²) in [5.74, 6) is -0.301. The summed E-state index contributed by atoms with van der Waals surface area (Å²) in [4.78, 5) is 12.0. The zero-order valence-electron chi connectivity index (χ0n) is 8.86. The van der Waals surface area contributed by atoms with Crippen LogP contribution in [0.5, 0.6) is 0 Å². The van der Waals surface area contributed by atoms with E-state index in [2.05, 4.69) is 4.74 Å². The first-order chi connectivity index (χ1) is 7.58. The van der Waals surface area contributed by atoms with E-state index in [1.807, 2.05) is 6.07 Å². The molecule has 0 heterocycles. The minimum atomic E-state index is -0.324. The fraction of sp³-hybridized carbons (Fsp3) is 0.273. The van der Waals surface area contributed by atoms with Crippen molar-refractivity contribution in [3.8, 4) is 6.07 Å². The average molecular weight is 256 g/mol. The summed E-state index contributed by atoms with van der Waals surface area (Å²) in [6.07, 6.45) is 0. The second kappa shape index (κ2) is 5.78. The van der Waals surface area contributed by atoms with Crippen molar-refractivity contribution in [2.75, 3.05) is 7.11 Å². The highest BCUT2D eigenvalue weighted by Gasteiger charge is 2.16. The number of hydrogen-bond acceptors (Lipinski definition) is 4. The summed E-state index contributed by atoms with van der Waals surface area (Å²) in [6.45, 7) is 1.74. The Kier molecular flexibility index (Phi) is 4.66. The highest BCUT2D eigenvalue weighted by molar-refractivity contribution is 8.00. The summed E-state index contributed by atoms with van der Waals surface area (Å²) < 4.78 is 4.61. The minimum absolute atomic E-state index is 0.301. The van der Waals surface area contributed by atoms with Gasteiger partial charge in [-0.15, -0.1) is 11.8 Å². The van der Waals surface area contributed by atoms with Gasteiger partial charge in [0.05, 0.1) is 23.8 Å². The van der Waals surface area contributed by atoms with Gasteiger partial charge in [0.1, 0.15) is 5.25 Å². The summed E-state index contributed by atoms with van der Waals surface area (Å²) in [5, 5.41) is 8.82. The molecule has 0 amide bonds. The van der Waals surface area contributed by atoms with Crippen molar-refractivity contribution >= 4 is 29.3 Å². The first kappa shape index (κ1) is 12.9. The Labute approximate surface area is 103 Å². The van der Waals surface area contributed by atoms with E-state index in [-0.39, 0.29) is 11.2 Å². The number of ether oxygens (including phenoxy) is 1. The largest absolute Gasteiger partial charge is 0.468 e. The molecule has 3 nitrogen and oxygen atoms in total. The molecule has 1 rings (SSSR count). The van der Waals surface area contributed by atoms with Gasteiger partial charge in [-0.05, 0) is 25.1 Å². The molecule has 1 unspecified atom stereocenters. The molecule has 0 saturated heterocycles. The Morgan fingerprint density at radius 1 is 1.62 bits per heavy atom. The predicted molar refractivity (Wildman–Crippen MR) is 63.5 cm³/mol. The van der Waals surface area contributed by atoms with Crippen LogP contribution in [-0.2, 0) is 9.53 Å². The molecule has 0 spiro atoms. The Morgan fingerprint density at radius 2 is 2.31 bits per heavy atom. The quantitative estimate of drug-likeness (QED) is 0.616. The third kappa shape index (κ3) is 3.16. The molecule has 84 valence electrons. The Bertz CT molecular complexity index is 442. The maximum Gasteiger partial charge on any atom is 0.318 e. The topological polar surface area (TPSA) is 50.1 Å². The van der Waals surface area contributed by atoms with Crippen molar-refractivity contribution in [2.24, 2.45) is 0 Å². The molecule has 0 saturated carbocycles. The van der Waals surface area contributed by atoms with E-state index in [0.717, 1.165) is 4.90 Å². The second-order valence-corrected chi connectivity index (χ2v) is 4.83. The lowest BCUT2D eigenvalue weighted by molar-refractivity contribution is -0.139. The van der Waals surface area contributed by atoms with Crippen molar-refractivity contribution in [3.05, 3.63) is 28.8 Å². The lowest BCUT2D eigenvalue weighted by atomic mass is 10.2. The molecular weight excluding hydrogens is 246 g/mol. The van der Waals surface area contributed by atoms with Crippen LogP contribution in [0.15, 0.2) is 23.1 Å². The molecule has 1 aromatic rings. The lowest BCUT2D eigenvalue weighted by Gasteiger charge is -2.09. The van der Waals surface area contributed by atoms with Gasteiger partial charge in [-0.25, -0.2) is 0 Å². The Morgan fingerprint density at radius 3 is 2.81 bits per heavy atom. The van der Waals surface area contributed by atoms with E-state index in [4.69, 9.17) is 16.9 Å². The molecule has 5 heteroatoms. The van der Waals surface area contributed by atoms with Gasteiger partial charge in [0, 0.05) is 4.90 Å². The third-order valence-corrected chi connectivity index (χ3v) is 3.48. The summed E-state index contributed by atoms with van der Waals surface area (Å²) in [5.41, 5.74) is 0.500. The summed E-state index contributed by atoms with van der Waals surface area (Å²) in [7, 11) is 1.35. The van der Waals surface area contributed by atoms with Crippen molar-refractivity contribution in [2.45, 2.75) is 17.1 Å². The molecule has 1 aromatic carbocycles. The number of thioether (sulfide) groups is 1. The van der Waals surface area contributed by atoms with Crippen molar-refractivity contribution in [1.29, 1.82) is 5.26 Å². The Hall–Kier alpha value is -1.18. The van der Waals surface area contributed by atoms with Crippen LogP contribution in [0.3, 0.4) is 0 Å². The van der Waals surface area contributed by atoms with E-state index in [0.29, 0.717) is 10.6 Å². The standard InChI is InChI=1S/C11H10ClNO2S/c1-7(11(14)15-2)16-10-4-3-8(6-13)5-9(10)12/h3-5,7H,1-2H3. The fourth-order valence-electron chi connectivity index (χ4n) is 1.07. The zero-order valence-corrected chi connectivity index (χ0v) is 10.4. The first-order valence-electron chi connectivity index (χ1n) is 4.52. The molecule has 0 N–H and O–H groups in total. The normalized spacial score (nSPS) is 11.6. The van der Waals surface area contributed by atoms with Gasteiger partial charge in [0.15, 0.2) is 0 Å². The van der Waals surface area contributed by atoms with Gasteiger partial charge in [-0.2, -0.15) is 5.26 Å². The van der Waals surface area contributed by atoms with E-state index in [9.17, 15) is 4.79 Å². The number of esters is 1. The van der Waals surface area contributed by atoms with Crippen LogP contribution in [-0.4, -0.2) is 18.3 Å². The number of carbonyl (C=O) groups excluding carboxylic acids is 1. The smallest absolute Gasteiger partial charge is 0.318 e. The van der Waals surface area contributed by atoms with Crippen molar-refractivity contribution in [3.63, 3.8) is 0 Å². The van der Waals surface area contributed by atoms with Crippen LogP contribution in [0.1, 0.15) is 12.5 Å². The van der Waals surface area contributed by atoms with Crippen LogP contribution in [0, 0.1) is 11.3 Å². The Balaban J connectivity index is 2.83. The van der Waals surface area contributed by atoms with Gasteiger partial charge in [-0.1, -0.05) is 11.6 Å². The van der Waals surface area contributed by atoms with Gasteiger partial charge in [0.2, 0.25) is 0 Å². The van der Waals surface area contributed by atoms with Crippen molar-refractivity contribution in [1.82, 2.24) is 0 Å². The number of carbonyl (C=O) groups is 1. The number of methoxy groups -OCH3 is 1. The highest BCUT2D eigenvalue weighted by Crippen LogP contribution is 2.31. The molecule has 16 heavy (non-hydrogen) atoms. The maximum absolute atomic E-state index is 11.2. The van der Waals surface area contributed by atoms with Crippen molar-refractivity contribution < 1.29 is 9.53 Å². The molecule has 0 bridgehead atoms. The first-order valence-corrected chi connectivity index (χ1v) is 5.78. The molecule has 0 aliphatic carbocycles. The van der Waals surface area contributed by atoms with Gasteiger partial charge < -0.3 is 4.74 Å². The zero-order chi connectivity index (χ0) is 12.1. The minimum Gasteiger partial charge on any atom is -0.468 e. The number of hydrogen-bond donors (Lipinski definition) is 0. The fourth-order valence-corrected chi connectivity index (χ4v) is 2.28. The van der Waals surface area contributed by atoms with E-state index >= 15 is 0 Å². The van der Waals surface area contributed by atoms with Crippen LogP contribution < -0.4 is 0 Å². The number of nitriles is 1. The van der Waals surface area contributed by atoms with E-state index < -0.39 is 0 Å². The summed E-state index contributed by atoms with van der Waals surface area (Å²) >= 11 is 7.28. The number of benzene rings is 1. The van der Waals surface area contributed by atoms with Crippen LogP contribution in [0.2, 0.25) is 5.02 Å². The van der Waals surface area contributed by atoms with E-state index in [1.165, 1.54) is 18.9 Å². The third-order valence-electron chi connectivity index (χ3n) is 1.90. The SMILES string of the molecule is COC(=O)C(C)Sc1ccc(C#N)cc1Cl. The molecule has 0 aliphatic rings. The predicted octanol–water partition coefficient (Wildman–Crippen LogP) is 2.87. The molecule has 1 atom stereocenters.